The highest BCUT2D eigenvalue weighted by Crippen LogP contribution is 2.69. The Morgan fingerprint density at radius 3 is 1.58 bits per heavy atom. The summed E-state index contributed by atoms with van der Waals surface area (Å²) in [4.78, 5) is 10.1. The second kappa shape index (κ2) is 4.39. The van der Waals surface area contributed by atoms with E-state index in [4.69, 9.17) is 9.97 Å². The standard InChI is InChI=1S/C24H18N2/c1-23-15-7-5-9-17(23)21-22(26-20-12-4-3-11-19(20)25-21)18-10-6-8-16(14-13-15)24(18,23)2/h3-14H,1-2H3/t23-,24-/m0/s1. The van der Waals surface area contributed by atoms with Crippen molar-refractivity contribution in [3.05, 3.63) is 95.4 Å². The molecule has 0 radical (unpaired) electrons. The second-order valence-electron chi connectivity index (χ2n) is 7.78. The molecule has 1 heterocycles. The van der Waals surface area contributed by atoms with E-state index in [1.807, 2.05) is 12.1 Å². The summed E-state index contributed by atoms with van der Waals surface area (Å²) in [5.74, 6) is 0. The Hall–Kier alpha value is -3.00. The van der Waals surface area contributed by atoms with E-state index in [1.165, 1.54) is 22.3 Å². The molecular weight excluding hydrogens is 316 g/mol. The van der Waals surface area contributed by atoms with Crippen molar-refractivity contribution in [3.8, 4) is 0 Å². The molecule has 0 aliphatic heterocycles. The first-order valence-corrected chi connectivity index (χ1v) is 9.12. The lowest BCUT2D eigenvalue weighted by Crippen LogP contribution is -2.48. The van der Waals surface area contributed by atoms with Gasteiger partial charge in [0.25, 0.3) is 0 Å². The molecule has 2 heteroatoms. The molecule has 26 heavy (non-hydrogen) atoms. The van der Waals surface area contributed by atoms with Crippen LogP contribution in [0.25, 0.3) is 22.2 Å². The molecule has 2 nitrogen and oxygen atoms in total. The number of allylic oxidation sites excluding steroid dienone is 12. The Balaban J connectivity index is 1.82. The van der Waals surface area contributed by atoms with Gasteiger partial charge in [0.05, 0.1) is 22.4 Å². The molecule has 6 rings (SSSR count). The monoisotopic (exact) mass is 334 g/mol. The summed E-state index contributed by atoms with van der Waals surface area (Å²) in [6.07, 6.45) is 17.8. The van der Waals surface area contributed by atoms with Crippen LogP contribution in [0.3, 0.4) is 0 Å². The number of benzene rings is 1. The van der Waals surface area contributed by atoms with Crippen LogP contribution < -0.4 is 0 Å². The Kier molecular flexibility index (Phi) is 2.40. The van der Waals surface area contributed by atoms with Gasteiger partial charge >= 0.3 is 0 Å². The van der Waals surface area contributed by atoms with E-state index in [2.05, 4.69) is 74.6 Å². The quantitative estimate of drug-likeness (QED) is 0.642. The van der Waals surface area contributed by atoms with Crippen LogP contribution in [-0.2, 0) is 0 Å². The molecule has 2 aromatic rings. The molecular formula is C24H18N2. The number of para-hydroxylation sites is 2. The highest BCUT2D eigenvalue weighted by Gasteiger charge is 2.59. The third-order valence-electron chi connectivity index (χ3n) is 6.83. The van der Waals surface area contributed by atoms with Crippen molar-refractivity contribution in [2.45, 2.75) is 13.8 Å². The van der Waals surface area contributed by atoms with Gasteiger partial charge in [-0.2, -0.15) is 0 Å². The van der Waals surface area contributed by atoms with Crippen LogP contribution in [0.2, 0.25) is 0 Å². The fourth-order valence-electron chi connectivity index (χ4n) is 5.22. The topological polar surface area (TPSA) is 25.8 Å². The van der Waals surface area contributed by atoms with Gasteiger partial charge < -0.3 is 0 Å². The van der Waals surface area contributed by atoms with Crippen LogP contribution in [0.1, 0.15) is 25.2 Å². The summed E-state index contributed by atoms with van der Waals surface area (Å²) >= 11 is 0. The molecule has 0 saturated carbocycles. The summed E-state index contributed by atoms with van der Waals surface area (Å²) in [6, 6.07) is 8.16. The fourth-order valence-corrected chi connectivity index (χ4v) is 5.22. The number of rotatable bonds is 0. The fraction of sp³-hybridized carbons (Fsp3) is 0.167. The summed E-state index contributed by atoms with van der Waals surface area (Å²) in [5, 5.41) is 0. The Morgan fingerprint density at radius 1 is 0.654 bits per heavy atom. The van der Waals surface area contributed by atoms with E-state index < -0.39 is 0 Å². The lowest BCUT2D eigenvalue weighted by molar-refractivity contribution is 0.301. The van der Waals surface area contributed by atoms with Gasteiger partial charge in [0.2, 0.25) is 0 Å². The zero-order valence-corrected chi connectivity index (χ0v) is 14.8. The van der Waals surface area contributed by atoms with Crippen LogP contribution in [0.4, 0.5) is 0 Å². The van der Waals surface area contributed by atoms with Crippen molar-refractivity contribution in [1.29, 1.82) is 0 Å². The molecule has 124 valence electrons. The lowest BCUT2D eigenvalue weighted by atomic mass is 9.45. The van der Waals surface area contributed by atoms with Crippen molar-refractivity contribution in [2.75, 3.05) is 0 Å². The van der Waals surface area contributed by atoms with Crippen molar-refractivity contribution in [1.82, 2.24) is 9.97 Å². The highest BCUT2D eigenvalue weighted by atomic mass is 14.9. The average molecular weight is 334 g/mol. The summed E-state index contributed by atoms with van der Waals surface area (Å²) in [6.45, 7) is 4.74. The van der Waals surface area contributed by atoms with Gasteiger partial charge in [-0.3, -0.25) is 0 Å². The van der Waals surface area contributed by atoms with Gasteiger partial charge in [-0.05, 0) is 34.4 Å². The summed E-state index contributed by atoms with van der Waals surface area (Å²) < 4.78 is 0. The van der Waals surface area contributed by atoms with Crippen molar-refractivity contribution >= 4 is 22.2 Å². The highest BCUT2D eigenvalue weighted by molar-refractivity contribution is 5.97. The Bertz CT molecular complexity index is 1110. The molecule has 0 N–H and O–H groups in total. The van der Waals surface area contributed by atoms with E-state index in [0.717, 1.165) is 22.4 Å². The van der Waals surface area contributed by atoms with Gasteiger partial charge in [-0.15, -0.1) is 0 Å². The molecule has 0 unspecified atom stereocenters. The minimum Gasteiger partial charge on any atom is -0.244 e. The number of fused-ring (bicyclic) bond motifs is 4. The minimum atomic E-state index is -0.132. The van der Waals surface area contributed by atoms with Crippen molar-refractivity contribution in [3.63, 3.8) is 0 Å². The van der Waals surface area contributed by atoms with Gasteiger partial charge in [-0.25, -0.2) is 9.97 Å². The molecule has 4 aliphatic carbocycles. The Morgan fingerprint density at radius 2 is 1.12 bits per heavy atom. The van der Waals surface area contributed by atoms with Crippen LogP contribution in [-0.4, -0.2) is 9.97 Å². The average Bonchev–Trinajstić information content (AvgIpc) is 2.66. The number of hydrogen-bond donors (Lipinski definition) is 0. The third kappa shape index (κ3) is 1.38. The van der Waals surface area contributed by atoms with Crippen molar-refractivity contribution in [2.24, 2.45) is 10.8 Å². The maximum atomic E-state index is 5.07. The molecule has 0 saturated heterocycles. The number of nitrogens with zero attached hydrogens (tertiary/aromatic N) is 2. The van der Waals surface area contributed by atoms with Crippen molar-refractivity contribution < 1.29 is 0 Å². The SMILES string of the molecule is C[C@]12C3=CC=C4C=CC=C(c5nc6ccccc6nc5C1=CC=C3)[C@]42C. The number of hydrogen-bond acceptors (Lipinski definition) is 2. The molecule has 0 fully saturated rings. The van der Waals surface area contributed by atoms with Crippen LogP contribution >= 0.6 is 0 Å². The van der Waals surface area contributed by atoms with Crippen LogP contribution in [0.5, 0.6) is 0 Å². The van der Waals surface area contributed by atoms with Gasteiger partial charge in [0, 0.05) is 10.8 Å². The molecule has 0 spiro atoms. The maximum absolute atomic E-state index is 5.07. The molecule has 4 aliphatic rings. The smallest absolute Gasteiger partial charge is 0.0939 e. The first-order chi connectivity index (χ1) is 12.6. The van der Waals surface area contributed by atoms with E-state index in [1.54, 1.807) is 0 Å². The van der Waals surface area contributed by atoms with E-state index in [0.29, 0.717) is 0 Å². The largest absolute Gasteiger partial charge is 0.244 e. The third-order valence-corrected chi connectivity index (χ3v) is 6.83. The normalized spacial score (nSPS) is 30.1. The first kappa shape index (κ1) is 14.2. The zero-order chi connectivity index (χ0) is 17.5. The van der Waals surface area contributed by atoms with E-state index >= 15 is 0 Å². The van der Waals surface area contributed by atoms with Gasteiger partial charge in [0.1, 0.15) is 0 Å². The van der Waals surface area contributed by atoms with E-state index in [-0.39, 0.29) is 10.8 Å². The second-order valence-corrected chi connectivity index (χ2v) is 7.78. The first-order valence-electron chi connectivity index (χ1n) is 9.12. The Labute approximate surface area is 152 Å². The molecule has 1 aromatic heterocycles. The molecule has 0 amide bonds. The molecule has 1 aromatic carbocycles. The molecule has 2 atom stereocenters. The molecule has 0 bridgehead atoms. The minimum absolute atomic E-state index is 0.132. The predicted octanol–water partition coefficient (Wildman–Crippen LogP) is 5.43. The van der Waals surface area contributed by atoms with Gasteiger partial charge in [0.15, 0.2) is 0 Å². The summed E-state index contributed by atoms with van der Waals surface area (Å²) in [5.41, 5.74) is 8.96. The zero-order valence-electron chi connectivity index (χ0n) is 14.8. The van der Waals surface area contributed by atoms with Crippen LogP contribution in [0.15, 0.2) is 84.0 Å². The van der Waals surface area contributed by atoms with Gasteiger partial charge in [-0.1, -0.05) is 74.6 Å². The summed E-state index contributed by atoms with van der Waals surface area (Å²) in [7, 11) is 0. The maximum Gasteiger partial charge on any atom is 0.0939 e. The number of aromatic nitrogens is 2. The van der Waals surface area contributed by atoms with E-state index in [9.17, 15) is 0 Å². The van der Waals surface area contributed by atoms with Crippen LogP contribution in [0, 0.1) is 10.8 Å². The lowest BCUT2D eigenvalue weighted by Gasteiger charge is -2.57. The predicted molar refractivity (Wildman–Crippen MR) is 106 cm³/mol.